The van der Waals surface area contributed by atoms with E-state index >= 15 is 0 Å². The fourth-order valence-corrected chi connectivity index (χ4v) is 4.48. The molecule has 1 aliphatic heterocycles. The average molecular weight is 372 g/mol. The van der Waals surface area contributed by atoms with Crippen molar-refractivity contribution in [2.75, 3.05) is 31.8 Å². The molecule has 2 rings (SSSR count). The van der Waals surface area contributed by atoms with Gasteiger partial charge in [-0.25, -0.2) is 13.2 Å². The van der Waals surface area contributed by atoms with Gasteiger partial charge in [-0.15, -0.1) is 0 Å². The van der Waals surface area contributed by atoms with Gasteiger partial charge in [0.25, 0.3) is 0 Å². The summed E-state index contributed by atoms with van der Waals surface area (Å²) >= 11 is 0. The van der Waals surface area contributed by atoms with Crippen LogP contribution in [0.5, 0.6) is 0 Å². The highest BCUT2D eigenvalue weighted by Crippen LogP contribution is 2.16. The molecule has 0 unspecified atom stereocenters. The molecule has 1 saturated heterocycles. The predicted molar refractivity (Wildman–Crippen MR) is 95.2 cm³/mol. The minimum absolute atomic E-state index is 0.0998. The molecular weight excluding hydrogens is 344 g/mol. The molecule has 8 nitrogen and oxygen atoms in total. The van der Waals surface area contributed by atoms with Gasteiger partial charge in [-0.05, 0) is 26.7 Å². The maximum absolute atomic E-state index is 12.7. The van der Waals surface area contributed by atoms with Gasteiger partial charge in [-0.3, -0.25) is 4.68 Å². The summed E-state index contributed by atoms with van der Waals surface area (Å²) in [5.41, 5.74) is 2.95. The minimum atomic E-state index is -2.94. The molecule has 1 aromatic rings. The van der Waals surface area contributed by atoms with Crippen LogP contribution >= 0.6 is 0 Å². The molecule has 2 heterocycles. The Morgan fingerprint density at radius 3 is 2.52 bits per heavy atom. The lowest BCUT2D eigenvalue weighted by atomic mass is 10.1. The number of aromatic nitrogens is 2. The molecule has 0 saturated carbocycles. The van der Waals surface area contributed by atoms with Crippen LogP contribution in [0.15, 0.2) is 0 Å². The standard InChI is InChI=1S/C16H28N4O4S/c1-12-15(13(2)19(3)18-12)11-20(7-8-24-4)16(21)17-14-5-9-25(22,23)10-6-14/h14H,5-11H2,1-4H3,(H,17,21). The number of methoxy groups -OCH3 is 1. The first-order valence-corrected chi connectivity index (χ1v) is 10.3. The molecule has 1 N–H and O–H groups in total. The SMILES string of the molecule is COCCN(Cc1c(C)nn(C)c1C)C(=O)NC1CCS(=O)(=O)CC1. The minimum Gasteiger partial charge on any atom is -0.383 e. The van der Waals surface area contributed by atoms with Crippen LogP contribution in [-0.2, 0) is 28.2 Å². The molecule has 1 fully saturated rings. The van der Waals surface area contributed by atoms with Gasteiger partial charge in [-0.1, -0.05) is 0 Å². The lowest BCUT2D eigenvalue weighted by Gasteiger charge is -2.28. The van der Waals surface area contributed by atoms with Crippen LogP contribution in [0.1, 0.15) is 29.8 Å². The fraction of sp³-hybridized carbons (Fsp3) is 0.750. The first-order chi connectivity index (χ1) is 11.7. The van der Waals surface area contributed by atoms with Crippen molar-refractivity contribution in [1.29, 1.82) is 0 Å². The number of carbonyl (C=O) groups excluding carboxylic acids is 1. The van der Waals surface area contributed by atoms with E-state index in [9.17, 15) is 13.2 Å². The molecule has 1 aromatic heterocycles. The maximum Gasteiger partial charge on any atom is 0.317 e. The maximum atomic E-state index is 12.7. The molecule has 0 atom stereocenters. The number of ether oxygens (including phenoxy) is 1. The molecular formula is C16H28N4O4S. The Morgan fingerprint density at radius 2 is 2.00 bits per heavy atom. The highest BCUT2D eigenvalue weighted by Gasteiger charge is 2.26. The zero-order chi connectivity index (χ0) is 18.6. The van der Waals surface area contributed by atoms with Crippen molar-refractivity contribution in [1.82, 2.24) is 20.0 Å². The van der Waals surface area contributed by atoms with E-state index in [0.29, 0.717) is 32.5 Å². The van der Waals surface area contributed by atoms with E-state index in [1.165, 1.54) is 0 Å². The number of rotatable bonds is 6. The lowest BCUT2D eigenvalue weighted by molar-refractivity contribution is 0.144. The van der Waals surface area contributed by atoms with Crippen molar-refractivity contribution in [3.8, 4) is 0 Å². The molecule has 0 aromatic carbocycles. The molecule has 9 heteroatoms. The first-order valence-electron chi connectivity index (χ1n) is 8.47. The van der Waals surface area contributed by atoms with Gasteiger partial charge in [0, 0.05) is 38.0 Å². The predicted octanol–water partition coefficient (Wildman–Crippen LogP) is 0.772. The molecule has 0 radical (unpaired) electrons. The second-order valence-corrected chi connectivity index (χ2v) is 8.87. The number of sulfone groups is 1. The van der Waals surface area contributed by atoms with Crippen molar-refractivity contribution >= 4 is 15.9 Å². The number of hydrogen-bond donors (Lipinski definition) is 1. The highest BCUT2D eigenvalue weighted by atomic mass is 32.2. The van der Waals surface area contributed by atoms with Gasteiger partial charge in [0.2, 0.25) is 0 Å². The number of nitrogens with one attached hydrogen (secondary N) is 1. The molecule has 2 amide bonds. The number of aryl methyl sites for hydroxylation is 2. The Kier molecular flexibility index (Phi) is 6.45. The van der Waals surface area contributed by atoms with Gasteiger partial charge < -0.3 is 15.0 Å². The van der Waals surface area contributed by atoms with Crippen molar-refractivity contribution in [3.63, 3.8) is 0 Å². The Bertz CT molecular complexity index is 700. The number of nitrogens with zero attached hydrogens (tertiary/aromatic N) is 3. The third-order valence-electron chi connectivity index (χ3n) is 4.74. The summed E-state index contributed by atoms with van der Waals surface area (Å²) in [6.45, 7) is 5.26. The highest BCUT2D eigenvalue weighted by molar-refractivity contribution is 7.91. The largest absolute Gasteiger partial charge is 0.383 e. The van der Waals surface area contributed by atoms with Crippen molar-refractivity contribution in [3.05, 3.63) is 17.0 Å². The van der Waals surface area contributed by atoms with Crippen LogP contribution in [0.2, 0.25) is 0 Å². The van der Waals surface area contributed by atoms with Crippen LogP contribution in [0.3, 0.4) is 0 Å². The second kappa shape index (κ2) is 8.18. The first kappa shape index (κ1) is 19.7. The number of urea groups is 1. The van der Waals surface area contributed by atoms with Crippen LogP contribution in [-0.4, -0.2) is 66.9 Å². The Labute approximate surface area is 149 Å². The van der Waals surface area contributed by atoms with Gasteiger partial charge in [0.05, 0.1) is 30.4 Å². The van der Waals surface area contributed by atoms with Crippen LogP contribution in [0.25, 0.3) is 0 Å². The summed E-state index contributed by atoms with van der Waals surface area (Å²) in [6, 6.07) is -0.291. The van der Waals surface area contributed by atoms with E-state index in [1.54, 1.807) is 12.0 Å². The quantitative estimate of drug-likeness (QED) is 0.796. The Hall–Kier alpha value is -1.61. The summed E-state index contributed by atoms with van der Waals surface area (Å²) in [6.07, 6.45) is 0.939. The lowest BCUT2D eigenvalue weighted by Crippen LogP contribution is -2.48. The van der Waals surface area contributed by atoms with Gasteiger partial charge in [0.1, 0.15) is 9.84 Å². The monoisotopic (exact) mass is 372 g/mol. The summed E-state index contributed by atoms with van der Waals surface area (Å²) in [5.74, 6) is 0.272. The van der Waals surface area contributed by atoms with Crippen molar-refractivity contribution < 1.29 is 17.9 Å². The normalized spacial score (nSPS) is 17.4. The van der Waals surface area contributed by atoms with Gasteiger partial charge in [-0.2, -0.15) is 5.10 Å². The average Bonchev–Trinajstić information content (AvgIpc) is 2.79. The summed E-state index contributed by atoms with van der Waals surface area (Å²) < 4.78 is 30.0. The Balaban J connectivity index is 2.04. The third-order valence-corrected chi connectivity index (χ3v) is 6.46. The van der Waals surface area contributed by atoms with Gasteiger partial charge in [0.15, 0.2) is 0 Å². The molecule has 0 spiro atoms. The molecule has 0 bridgehead atoms. The fourth-order valence-electron chi connectivity index (χ4n) is 2.99. The smallest absolute Gasteiger partial charge is 0.317 e. The number of amides is 2. The van der Waals surface area contributed by atoms with Crippen LogP contribution in [0, 0.1) is 13.8 Å². The van der Waals surface area contributed by atoms with Crippen molar-refractivity contribution in [2.45, 2.75) is 39.3 Å². The van der Waals surface area contributed by atoms with E-state index in [1.807, 2.05) is 25.6 Å². The zero-order valence-corrected chi connectivity index (χ0v) is 16.2. The summed E-state index contributed by atoms with van der Waals surface area (Å²) in [7, 11) is 0.544. The van der Waals surface area contributed by atoms with Crippen LogP contribution in [0.4, 0.5) is 4.79 Å². The third kappa shape index (κ3) is 5.18. The van der Waals surface area contributed by atoms with Crippen molar-refractivity contribution in [2.24, 2.45) is 7.05 Å². The topological polar surface area (TPSA) is 93.5 Å². The molecule has 25 heavy (non-hydrogen) atoms. The zero-order valence-electron chi connectivity index (χ0n) is 15.4. The van der Waals surface area contributed by atoms with Gasteiger partial charge >= 0.3 is 6.03 Å². The second-order valence-electron chi connectivity index (χ2n) is 6.56. The summed E-state index contributed by atoms with van der Waals surface area (Å²) in [4.78, 5) is 14.4. The van der Waals surface area contributed by atoms with Crippen LogP contribution < -0.4 is 5.32 Å². The summed E-state index contributed by atoms with van der Waals surface area (Å²) in [5, 5.41) is 7.37. The van der Waals surface area contributed by atoms with E-state index in [0.717, 1.165) is 17.0 Å². The van der Waals surface area contributed by atoms with E-state index in [-0.39, 0.29) is 23.6 Å². The van der Waals surface area contributed by atoms with E-state index in [4.69, 9.17) is 4.74 Å². The van der Waals surface area contributed by atoms with E-state index < -0.39 is 9.84 Å². The molecule has 0 aliphatic carbocycles. The Morgan fingerprint density at radius 1 is 1.36 bits per heavy atom. The number of hydrogen-bond acceptors (Lipinski definition) is 5. The molecule has 142 valence electrons. The number of carbonyl (C=O) groups is 1. The van der Waals surface area contributed by atoms with E-state index in [2.05, 4.69) is 10.4 Å². The molecule has 1 aliphatic rings.